The maximum atomic E-state index is 13.4. The fourth-order valence-electron chi connectivity index (χ4n) is 2.71. The highest BCUT2D eigenvalue weighted by molar-refractivity contribution is 5.17. The van der Waals surface area contributed by atoms with Crippen LogP contribution in [0, 0.1) is 11.7 Å². The fourth-order valence-corrected chi connectivity index (χ4v) is 2.71. The van der Waals surface area contributed by atoms with Crippen molar-refractivity contribution >= 4 is 0 Å². The molecule has 0 spiro atoms. The molecule has 1 aromatic rings. The number of nitrogens with one attached hydrogen (secondary N) is 1. The third-order valence-corrected chi connectivity index (χ3v) is 3.93. The van der Waals surface area contributed by atoms with Gasteiger partial charge in [-0.3, -0.25) is 0 Å². The molecule has 1 saturated carbocycles. The molecule has 0 aromatic heterocycles. The molecule has 0 amide bonds. The van der Waals surface area contributed by atoms with Gasteiger partial charge in [-0.1, -0.05) is 37.5 Å². The number of hydrogen-bond acceptors (Lipinski definition) is 1. The van der Waals surface area contributed by atoms with E-state index in [1.165, 1.54) is 38.2 Å². The van der Waals surface area contributed by atoms with Crippen LogP contribution in [0.3, 0.4) is 0 Å². The second-order valence-corrected chi connectivity index (χ2v) is 5.16. The first-order chi connectivity index (χ1) is 8.27. The highest BCUT2D eigenvalue weighted by Gasteiger charge is 2.19. The first-order valence-electron chi connectivity index (χ1n) is 6.74. The summed E-state index contributed by atoms with van der Waals surface area (Å²) in [6, 6.07) is 7.52. The third kappa shape index (κ3) is 3.53. The third-order valence-electron chi connectivity index (χ3n) is 3.93. The summed E-state index contributed by atoms with van der Waals surface area (Å²) in [5, 5.41) is 3.47. The second kappa shape index (κ2) is 6.15. The van der Waals surface area contributed by atoms with Crippen molar-refractivity contribution in [1.82, 2.24) is 5.32 Å². The molecule has 0 bridgehead atoms. The molecule has 2 rings (SSSR count). The van der Waals surface area contributed by atoms with Crippen LogP contribution in [0.2, 0.25) is 0 Å². The summed E-state index contributed by atoms with van der Waals surface area (Å²) in [5.41, 5.74) is 0.773. The van der Waals surface area contributed by atoms with Crippen LogP contribution < -0.4 is 5.32 Å². The van der Waals surface area contributed by atoms with E-state index >= 15 is 0 Å². The average molecular weight is 235 g/mol. The smallest absolute Gasteiger partial charge is 0.127 e. The van der Waals surface area contributed by atoms with Crippen LogP contribution in [0.25, 0.3) is 0 Å². The van der Waals surface area contributed by atoms with Gasteiger partial charge < -0.3 is 5.32 Å². The Morgan fingerprint density at radius 1 is 1.24 bits per heavy atom. The molecule has 1 aliphatic rings. The maximum absolute atomic E-state index is 13.4. The Morgan fingerprint density at radius 2 is 1.94 bits per heavy atom. The molecule has 1 aromatic carbocycles. The lowest BCUT2D eigenvalue weighted by molar-refractivity contribution is 0.280. The van der Waals surface area contributed by atoms with Crippen molar-refractivity contribution in [3.8, 4) is 0 Å². The lowest BCUT2D eigenvalue weighted by atomic mass is 9.84. The van der Waals surface area contributed by atoms with Gasteiger partial charge in [0.05, 0.1) is 0 Å². The summed E-state index contributed by atoms with van der Waals surface area (Å²) in [7, 11) is 0. The van der Waals surface area contributed by atoms with Crippen molar-refractivity contribution in [1.29, 1.82) is 0 Å². The number of benzene rings is 1. The van der Waals surface area contributed by atoms with Gasteiger partial charge in [-0.25, -0.2) is 4.39 Å². The van der Waals surface area contributed by atoms with E-state index in [2.05, 4.69) is 12.2 Å². The van der Waals surface area contributed by atoms with Gasteiger partial charge in [0.1, 0.15) is 5.82 Å². The summed E-state index contributed by atoms with van der Waals surface area (Å²) >= 11 is 0. The van der Waals surface area contributed by atoms with Gasteiger partial charge in [0.15, 0.2) is 0 Å². The standard InChI is InChI=1S/C15H22FN/c1-12(13-7-3-2-4-8-13)17-11-14-9-5-6-10-15(14)16/h5-6,9-10,12-13,17H,2-4,7-8,11H2,1H3. The molecule has 1 atom stereocenters. The Balaban J connectivity index is 1.83. The molecule has 0 aliphatic heterocycles. The zero-order chi connectivity index (χ0) is 12.1. The van der Waals surface area contributed by atoms with Gasteiger partial charge in [0, 0.05) is 18.2 Å². The largest absolute Gasteiger partial charge is 0.310 e. The van der Waals surface area contributed by atoms with Crippen molar-refractivity contribution < 1.29 is 4.39 Å². The molecule has 1 nitrogen and oxygen atoms in total. The molecule has 0 radical (unpaired) electrons. The van der Waals surface area contributed by atoms with Crippen LogP contribution >= 0.6 is 0 Å². The Hall–Kier alpha value is -0.890. The molecular weight excluding hydrogens is 213 g/mol. The molecule has 1 N–H and O–H groups in total. The van der Waals surface area contributed by atoms with E-state index in [9.17, 15) is 4.39 Å². The van der Waals surface area contributed by atoms with Gasteiger partial charge in [-0.05, 0) is 31.7 Å². The molecule has 94 valence electrons. The normalized spacial score (nSPS) is 19.2. The quantitative estimate of drug-likeness (QED) is 0.835. The number of hydrogen-bond donors (Lipinski definition) is 1. The van der Waals surface area contributed by atoms with E-state index in [0.717, 1.165) is 11.5 Å². The average Bonchev–Trinajstić information content (AvgIpc) is 2.38. The number of rotatable bonds is 4. The van der Waals surface area contributed by atoms with Crippen molar-refractivity contribution in [2.75, 3.05) is 0 Å². The summed E-state index contributed by atoms with van der Waals surface area (Å²) in [4.78, 5) is 0. The number of halogens is 1. The van der Waals surface area contributed by atoms with Gasteiger partial charge in [0.2, 0.25) is 0 Å². The minimum absolute atomic E-state index is 0.101. The molecule has 1 aliphatic carbocycles. The Morgan fingerprint density at radius 3 is 2.65 bits per heavy atom. The summed E-state index contributed by atoms with van der Waals surface area (Å²) in [5.74, 6) is 0.673. The first kappa shape index (κ1) is 12.6. The molecule has 1 fully saturated rings. The van der Waals surface area contributed by atoms with Gasteiger partial charge in [-0.15, -0.1) is 0 Å². The lowest BCUT2D eigenvalue weighted by Crippen LogP contribution is -2.34. The van der Waals surface area contributed by atoms with E-state index in [1.807, 2.05) is 12.1 Å². The second-order valence-electron chi connectivity index (χ2n) is 5.16. The summed E-state index contributed by atoms with van der Waals surface area (Å²) < 4.78 is 13.4. The Labute approximate surface area is 103 Å². The Bertz CT molecular complexity index is 345. The van der Waals surface area contributed by atoms with Crippen molar-refractivity contribution in [3.05, 3.63) is 35.6 Å². The molecule has 17 heavy (non-hydrogen) atoms. The molecule has 0 saturated heterocycles. The highest BCUT2D eigenvalue weighted by atomic mass is 19.1. The SMILES string of the molecule is CC(NCc1ccccc1F)C1CCCCC1. The highest BCUT2D eigenvalue weighted by Crippen LogP contribution is 2.26. The van der Waals surface area contributed by atoms with Crippen LogP contribution in [0.5, 0.6) is 0 Å². The molecular formula is C15H22FN. The van der Waals surface area contributed by atoms with E-state index in [4.69, 9.17) is 0 Å². The molecule has 2 heteroatoms. The van der Waals surface area contributed by atoms with Crippen LogP contribution in [-0.4, -0.2) is 6.04 Å². The minimum Gasteiger partial charge on any atom is -0.310 e. The van der Waals surface area contributed by atoms with E-state index in [1.54, 1.807) is 6.07 Å². The predicted molar refractivity (Wildman–Crippen MR) is 69.3 cm³/mol. The van der Waals surface area contributed by atoms with Gasteiger partial charge in [0.25, 0.3) is 0 Å². The zero-order valence-electron chi connectivity index (χ0n) is 10.6. The molecule has 0 heterocycles. The van der Waals surface area contributed by atoms with E-state index < -0.39 is 0 Å². The van der Waals surface area contributed by atoms with Crippen LogP contribution in [0.1, 0.15) is 44.6 Å². The Kier molecular flexibility index (Phi) is 4.55. The minimum atomic E-state index is -0.101. The van der Waals surface area contributed by atoms with Crippen molar-refractivity contribution in [2.45, 2.75) is 51.6 Å². The zero-order valence-corrected chi connectivity index (χ0v) is 10.6. The monoisotopic (exact) mass is 235 g/mol. The van der Waals surface area contributed by atoms with E-state index in [-0.39, 0.29) is 5.82 Å². The van der Waals surface area contributed by atoms with Crippen LogP contribution in [0.15, 0.2) is 24.3 Å². The predicted octanol–water partition coefficient (Wildman–Crippen LogP) is 3.88. The van der Waals surface area contributed by atoms with Gasteiger partial charge in [-0.2, -0.15) is 0 Å². The lowest BCUT2D eigenvalue weighted by Gasteiger charge is -2.28. The topological polar surface area (TPSA) is 12.0 Å². The summed E-state index contributed by atoms with van der Waals surface area (Å²) in [6.07, 6.45) is 6.75. The van der Waals surface area contributed by atoms with Crippen molar-refractivity contribution in [2.24, 2.45) is 5.92 Å². The van der Waals surface area contributed by atoms with Crippen LogP contribution in [-0.2, 0) is 6.54 Å². The molecule has 1 unspecified atom stereocenters. The van der Waals surface area contributed by atoms with E-state index in [0.29, 0.717) is 12.6 Å². The first-order valence-corrected chi connectivity index (χ1v) is 6.74. The van der Waals surface area contributed by atoms with Crippen molar-refractivity contribution in [3.63, 3.8) is 0 Å². The maximum Gasteiger partial charge on any atom is 0.127 e. The summed E-state index contributed by atoms with van der Waals surface area (Å²) in [6.45, 7) is 2.88. The van der Waals surface area contributed by atoms with Gasteiger partial charge >= 0.3 is 0 Å². The van der Waals surface area contributed by atoms with Crippen LogP contribution in [0.4, 0.5) is 4.39 Å². The fraction of sp³-hybridized carbons (Fsp3) is 0.600.